The predicted molar refractivity (Wildman–Crippen MR) is 90.1 cm³/mol. The van der Waals surface area contributed by atoms with Crippen LogP contribution in [0.15, 0.2) is 18.2 Å². The molecule has 26 heavy (non-hydrogen) atoms. The van der Waals surface area contributed by atoms with Crippen molar-refractivity contribution in [3.05, 3.63) is 35.1 Å². The fraction of sp³-hybridized carbons (Fsp3) is 0.500. The Bertz CT molecular complexity index is 739. The van der Waals surface area contributed by atoms with Crippen molar-refractivity contribution in [3.63, 3.8) is 0 Å². The predicted octanol–water partition coefficient (Wildman–Crippen LogP) is 1.53. The number of rotatable bonds is 4. The molecule has 0 saturated carbocycles. The Balaban J connectivity index is 1.63. The number of halogens is 1. The van der Waals surface area contributed by atoms with E-state index in [1.165, 1.54) is 15.9 Å². The van der Waals surface area contributed by atoms with E-state index in [-0.39, 0.29) is 37.8 Å². The summed E-state index contributed by atoms with van der Waals surface area (Å²) in [5.41, 5.74) is 6.63. The molecular formula is C18H22FN3O4. The summed E-state index contributed by atoms with van der Waals surface area (Å²) in [6.07, 6.45) is -0.0346. The molecule has 7 nitrogen and oxygen atoms in total. The number of hydrogen-bond donors (Lipinski definition) is 1. The molecule has 3 amide bonds. The number of benzene rings is 1. The van der Waals surface area contributed by atoms with Crippen molar-refractivity contribution in [3.8, 4) is 0 Å². The van der Waals surface area contributed by atoms with Gasteiger partial charge in [-0.1, -0.05) is 19.1 Å². The Hall–Kier alpha value is -2.64. The van der Waals surface area contributed by atoms with Crippen LogP contribution in [0.3, 0.4) is 0 Å². The zero-order valence-electron chi connectivity index (χ0n) is 14.6. The second-order valence-electron chi connectivity index (χ2n) is 6.69. The molecule has 2 N–H and O–H groups in total. The molecule has 1 unspecified atom stereocenters. The van der Waals surface area contributed by atoms with E-state index in [4.69, 9.17) is 10.5 Å². The van der Waals surface area contributed by atoms with Crippen LogP contribution in [0, 0.1) is 5.82 Å². The van der Waals surface area contributed by atoms with Crippen LogP contribution >= 0.6 is 0 Å². The molecule has 8 heteroatoms. The van der Waals surface area contributed by atoms with Gasteiger partial charge < -0.3 is 15.4 Å². The molecule has 0 radical (unpaired) electrons. The van der Waals surface area contributed by atoms with E-state index in [9.17, 15) is 18.8 Å². The van der Waals surface area contributed by atoms with Gasteiger partial charge in [-0.3, -0.25) is 14.5 Å². The molecule has 0 bridgehead atoms. The summed E-state index contributed by atoms with van der Waals surface area (Å²) in [6, 6.07) is 3.98. The van der Waals surface area contributed by atoms with Gasteiger partial charge in [0.15, 0.2) is 0 Å². The van der Waals surface area contributed by atoms with Gasteiger partial charge in [-0.2, -0.15) is 0 Å². The van der Waals surface area contributed by atoms with Crippen LogP contribution in [-0.4, -0.2) is 46.4 Å². The molecule has 140 valence electrons. The van der Waals surface area contributed by atoms with E-state index in [1.54, 1.807) is 12.1 Å². The number of likely N-dealkylation sites (tertiary alicyclic amines) is 1. The molecule has 1 aromatic carbocycles. The number of nitrogens with two attached hydrogens (primary N) is 1. The number of ether oxygens (including phenoxy) is 1. The number of amides is 3. The maximum Gasteiger partial charge on any atom is 0.410 e. The third kappa shape index (κ3) is 3.49. The Labute approximate surface area is 150 Å². The molecule has 0 spiro atoms. The summed E-state index contributed by atoms with van der Waals surface area (Å²) < 4.78 is 19.3. The van der Waals surface area contributed by atoms with Crippen LogP contribution in [0.2, 0.25) is 0 Å². The minimum atomic E-state index is -0.764. The third-order valence-electron chi connectivity index (χ3n) is 4.83. The van der Waals surface area contributed by atoms with Gasteiger partial charge in [0, 0.05) is 24.9 Å². The van der Waals surface area contributed by atoms with Gasteiger partial charge in [-0.15, -0.1) is 0 Å². The summed E-state index contributed by atoms with van der Waals surface area (Å²) in [7, 11) is 0. The molecule has 1 fully saturated rings. The van der Waals surface area contributed by atoms with Crippen LogP contribution in [0.25, 0.3) is 0 Å². The van der Waals surface area contributed by atoms with Crippen LogP contribution in [0.1, 0.15) is 37.3 Å². The number of carbonyl (C=O) groups is 3. The molecule has 2 heterocycles. The standard InChI is InChI=1S/C18H22FN3O4/c1-2-4-16(23)22-9-12(7-15(22)17(20)24)26-18(25)21-8-11-5-3-6-14(19)13(11)10-21/h3,5-6,12,15H,2,4,7-10H2,1H3,(H2,20,24)/t12-,15?/m1/s1. The molecule has 0 aliphatic carbocycles. The normalized spacial score (nSPS) is 21.6. The minimum absolute atomic E-state index is 0.144. The SMILES string of the molecule is CCCC(=O)N1C[C@H](OC(=O)N2Cc3cccc(F)c3C2)CC1C(N)=O. The van der Waals surface area contributed by atoms with Crippen molar-refractivity contribution in [1.29, 1.82) is 0 Å². The van der Waals surface area contributed by atoms with E-state index in [2.05, 4.69) is 0 Å². The molecule has 2 atom stereocenters. The molecule has 0 aromatic heterocycles. The summed E-state index contributed by atoms with van der Waals surface area (Å²) in [6.45, 7) is 2.43. The minimum Gasteiger partial charge on any atom is -0.444 e. The van der Waals surface area contributed by atoms with Crippen LogP contribution in [0.5, 0.6) is 0 Å². The van der Waals surface area contributed by atoms with Crippen molar-refractivity contribution >= 4 is 17.9 Å². The highest BCUT2D eigenvalue weighted by Crippen LogP contribution is 2.27. The lowest BCUT2D eigenvalue weighted by molar-refractivity contribution is -0.137. The number of nitrogens with zero attached hydrogens (tertiary/aromatic N) is 2. The summed E-state index contributed by atoms with van der Waals surface area (Å²) in [4.78, 5) is 39.0. The molecule has 2 aliphatic rings. The molecule has 1 aromatic rings. The lowest BCUT2D eigenvalue weighted by Gasteiger charge is -2.21. The maximum atomic E-state index is 13.8. The molecule has 3 rings (SSSR count). The van der Waals surface area contributed by atoms with E-state index in [0.29, 0.717) is 18.4 Å². The number of primary amides is 1. The monoisotopic (exact) mass is 363 g/mol. The van der Waals surface area contributed by atoms with Gasteiger partial charge in [0.25, 0.3) is 0 Å². The lowest BCUT2D eigenvalue weighted by atomic mass is 10.1. The molecular weight excluding hydrogens is 341 g/mol. The van der Waals surface area contributed by atoms with E-state index >= 15 is 0 Å². The first-order chi connectivity index (χ1) is 12.4. The van der Waals surface area contributed by atoms with Crippen molar-refractivity contribution in [2.75, 3.05) is 6.54 Å². The van der Waals surface area contributed by atoms with Gasteiger partial charge in [-0.25, -0.2) is 9.18 Å². The van der Waals surface area contributed by atoms with Gasteiger partial charge in [0.05, 0.1) is 13.1 Å². The van der Waals surface area contributed by atoms with Gasteiger partial charge in [0.1, 0.15) is 18.0 Å². The van der Waals surface area contributed by atoms with Crippen molar-refractivity contribution < 1.29 is 23.5 Å². The van der Waals surface area contributed by atoms with Crippen LogP contribution in [-0.2, 0) is 27.4 Å². The second-order valence-corrected chi connectivity index (χ2v) is 6.69. The van der Waals surface area contributed by atoms with Gasteiger partial charge in [0.2, 0.25) is 11.8 Å². The second kappa shape index (κ2) is 7.31. The highest BCUT2D eigenvalue weighted by molar-refractivity contribution is 5.87. The van der Waals surface area contributed by atoms with Gasteiger partial charge >= 0.3 is 6.09 Å². The first-order valence-corrected chi connectivity index (χ1v) is 8.71. The van der Waals surface area contributed by atoms with Crippen molar-refractivity contribution in [2.45, 2.75) is 51.4 Å². The van der Waals surface area contributed by atoms with E-state index in [0.717, 1.165) is 5.56 Å². The summed E-state index contributed by atoms with van der Waals surface area (Å²) >= 11 is 0. The quantitative estimate of drug-likeness (QED) is 0.878. The van der Waals surface area contributed by atoms with Crippen LogP contribution in [0.4, 0.5) is 9.18 Å². The maximum absolute atomic E-state index is 13.8. The Morgan fingerprint density at radius 1 is 1.31 bits per heavy atom. The largest absolute Gasteiger partial charge is 0.444 e. The smallest absolute Gasteiger partial charge is 0.410 e. The van der Waals surface area contributed by atoms with E-state index in [1.807, 2.05) is 6.92 Å². The first-order valence-electron chi connectivity index (χ1n) is 8.71. The summed E-state index contributed by atoms with van der Waals surface area (Å²) in [5.74, 6) is -1.13. The zero-order chi connectivity index (χ0) is 18.8. The average molecular weight is 363 g/mol. The zero-order valence-corrected chi connectivity index (χ0v) is 14.6. The highest BCUT2D eigenvalue weighted by Gasteiger charge is 2.41. The lowest BCUT2D eigenvalue weighted by Crippen LogP contribution is -2.43. The van der Waals surface area contributed by atoms with Crippen molar-refractivity contribution in [2.24, 2.45) is 5.73 Å². The topological polar surface area (TPSA) is 92.9 Å². The fourth-order valence-corrected chi connectivity index (χ4v) is 3.51. The first kappa shape index (κ1) is 18.2. The molecule has 2 aliphatic heterocycles. The summed E-state index contributed by atoms with van der Waals surface area (Å²) in [5, 5.41) is 0. The Morgan fingerprint density at radius 2 is 2.08 bits per heavy atom. The van der Waals surface area contributed by atoms with Gasteiger partial charge in [-0.05, 0) is 18.1 Å². The number of carbonyl (C=O) groups excluding carboxylic acids is 3. The fourth-order valence-electron chi connectivity index (χ4n) is 3.51. The number of fused-ring (bicyclic) bond motifs is 1. The molecule has 1 saturated heterocycles. The Kier molecular flexibility index (Phi) is 5.11. The van der Waals surface area contributed by atoms with Crippen molar-refractivity contribution in [1.82, 2.24) is 9.80 Å². The average Bonchev–Trinajstić information content (AvgIpc) is 3.20. The number of hydrogen-bond acceptors (Lipinski definition) is 4. The van der Waals surface area contributed by atoms with Crippen LogP contribution < -0.4 is 5.73 Å². The Morgan fingerprint density at radius 3 is 2.73 bits per heavy atom. The van der Waals surface area contributed by atoms with E-state index < -0.39 is 24.1 Å². The highest BCUT2D eigenvalue weighted by atomic mass is 19.1. The third-order valence-corrected chi connectivity index (χ3v) is 4.83.